The topological polar surface area (TPSA) is 43.1 Å². The van der Waals surface area contributed by atoms with Crippen LogP contribution in [0.3, 0.4) is 0 Å². The van der Waals surface area contributed by atoms with Crippen molar-refractivity contribution in [2.75, 3.05) is 0 Å². The zero-order valence-electron chi connectivity index (χ0n) is 12.1. The molecular formula is C18H9Cl2NO2S. The molecule has 0 aliphatic heterocycles. The Hall–Kier alpha value is -2.14. The third-order valence-electron chi connectivity index (χ3n) is 3.63. The van der Waals surface area contributed by atoms with Crippen molar-refractivity contribution in [2.45, 2.75) is 0 Å². The zero-order valence-corrected chi connectivity index (χ0v) is 14.5. The van der Waals surface area contributed by atoms with Crippen LogP contribution in [0.15, 0.2) is 63.1 Å². The number of fused-ring (bicyclic) bond motifs is 1. The van der Waals surface area contributed by atoms with Crippen LogP contribution >= 0.6 is 34.5 Å². The molecule has 6 heteroatoms. The monoisotopic (exact) mass is 373 g/mol. The molecule has 0 aliphatic carbocycles. The van der Waals surface area contributed by atoms with Gasteiger partial charge in [-0.25, -0.2) is 9.78 Å². The Kier molecular flexibility index (Phi) is 3.88. The number of nitrogens with zero attached hydrogens (tertiary/aromatic N) is 1. The minimum Gasteiger partial charge on any atom is -0.403 e. The lowest BCUT2D eigenvalue weighted by Gasteiger charge is -2.03. The molecule has 24 heavy (non-hydrogen) atoms. The molecule has 0 spiro atoms. The van der Waals surface area contributed by atoms with Crippen molar-refractivity contribution in [1.29, 1.82) is 0 Å². The quantitative estimate of drug-likeness (QED) is 0.439. The first kappa shape index (κ1) is 15.4. The lowest BCUT2D eigenvalue weighted by molar-refractivity contribution is 0.519. The summed E-state index contributed by atoms with van der Waals surface area (Å²) in [5.74, 6) is 0.225. The van der Waals surface area contributed by atoms with Gasteiger partial charge in [-0.1, -0.05) is 47.5 Å². The summed E-state index contributed by atoms with van der Waals surface area (Å²) in [7, 11) is 0. The molecule has 0 aliphatic rings. The summed E-state index contributed by atoms with van der Waals surface area (Å²) in [6.07, 6.45) is 0. The van der Waals surface area contributed by atoms with Crippen molar-refractivity contribution in [3.63, 3.8) is 0 Å². The van der Waals surface area contributed by atoms with Gasteiger partial charge in [-0.3, -0.25) is 0 Å². The Balaban J connectivity index is 1.92. The Morgan fingerprint density at radius 2 is 1.71 bits per heavy atom. The molecule has 4 rings (SSSR count). The molecule has 118 valence electrons. The van der Waals surface area contributed by atoms with E-state index >= 15 is 0 Å². The largest absolute Gasteiger partial charge is 0.403 e. The van der Waals surface area contributed by atoms with Gasteiger partial charge in [0, 0.05) is 16.0 Å². The van der Waals surface area contributed by atoms with Crippen LogP contribution in [0.2, 0.25) is 10.0 Å². The van der Waals surface area contributed by atoms with Crippen molar-refractivity contribution >= 4 is 44.8 Å². The Bertz CT molecular complexity index is 1100. The molecule has 0 radical (unpaired) electrons. The molecule has 0 bridgehead atoms. The molecule has 4 aromatic rings. The smallest absolute Gasteiger partial charge is 0.348 e. The maximum absolute atomic E-state index is 12.5. The molecule has 0 N–H and O–H groups in total. The second-order valence-corrected chi connectivity index (χ2v) is 6.82. The Morgan fingerprint density at radius 1 is 0.958 bits per heavy atom. The number of rotatable bonds is 2. The maximum Gasteiger partial charge on any atom is 0.348 e. The normalized spacial score (nSPS) is 11.1. The SMILES string of the molecule is O=c1oc(-c2ccccc2Cl)nc2scc(-c3ccc(Cl)cc3)c12. The highest BCUT2D eigenvalue weighted by molar-refractivity contribution is 7.17. The predicted molar refractivity (Wildman–Crippen MR) is 99.0 cm³/mol. The average Bonchev–Trinajstić information content (AvgIpc) is 3.00. The van der Waals surface area contributed by atoms with E-state index in [1.165, 1.54) is 11.3 Å². The van der Waals surface area contributed by atoms with E-state index in [2.05, 4.69) is 4.98 Å². The standard InChI is InChI=1S/C18H9Cl2NO2S/c19-11-7-5-10(6-8-11)13-9-24-17-15(13)18(22)23-16(21-17)12-3-1-2-4-14(12)20/h1-9H. The van der Waals surface area contributed by atoms with Crippen LogP contribution < -0.4 is 5.63 Å². The number of benzene rings is 2. The van der Waals surface area contributed by atoms with E-state index in [0.29, 0.717) is 25.8 Å². The van der Waals surface area contributed by atoms with E-state index in [9.17, 15) is 4.79 Å². The first-order chi connectivity index (χ1) is 11.6. The van der Waals surface area contributed by atoms with E-state index in [1.54, 1.807) is 24.3 Å². The first-order valence-electron chi connectivity index (χ1n) is 7.06. The van der Waals surface area contributed by atoms with Gasteiger partial charge < -0.3 is 4.42 Å². The van der Waals surface area contributed by atoms with Gasteiger partial charge in [0.05, 0.1) is 10.6 Å². The Labute approximate surface area is 151 Å². The highest BCUT2D eigenvalue weighted by atomic mass is 35.5. The lowest BCUT2D eigenvalue weighted by Crippen LogP contribution is -2.02. The Morgan fingerprint density at radius 3 is 2.46 bits per heavy atom. The van der Waals surface area contributed by atoms with E-state index in [1.807, 2.05) is 29.6 Å². The fraction of sp³-hybridized carbons (Fsp3) is 0. The first-order valence-corrected chi connectivity index (χ1v) is 8.70. The van der Waals surface area contributed by atoms with Gasteiger partial charge in [0.25, 0.3) is 0 Å². The second kappa shape index (κ2) is 6.06. The highest BCUT2D eigenvalue weighted by Crippen LogP contribution is 2.33. The number of aromatic nitrogens is 1. The molecule has 0 amide bonds. The van der Waals surface area contributed by atoms with Crippen LogP contribution in [-0.2, 0) is 0 Å². The van der Waals surface area contributed by atoms with Gasteiger partial charge in [0.15, 0.2) is 0 Å². The molecule has 2 heterocycles. The average molecular weight is 374 g/mol. The molecule has 2 aromatic heterocycles. The molecule has 0 unspecified atom stereocenters. The van der Waals surface area contributed by atoms with Gasteiger partial charge in [0.2, 0.25) is 5.89 Å². The summed E-state index contributed by atoms with van der Waals surface area (Å²) in [6.45, 7) is 0. The second-order valence-electron chi connectivity index (χ2n) is 5.12. The summed E-state index contributed by atoms with van der Waals surface area (Å²) in [5.41, 5.74) is 1.85. The van der Waals surface area contributed by atoms with Crippen LogP contribution in [0.4, 0.5) is 0 Å². The number of hydrogen-bond acceptors (Lipinski definition) is 4. The molecule has 0 atom stereocenters. The summed E-state index contributed by atoms with van der Waals surface area (Å²) >= 11 is 13.5. The van der Waals surface area contributed by atoms with Crippen LogP contribution in [0.1, 0.15) is 0 Å². The van der Waals surface area contributed by atoms with Crippen LogP contribution in [0.5, 0.6) is 0 Å². The van der Waals surface area contributed by atoms with Gasteiger partial charge in [0.1, 0.15) is 10.2 Å². The van der Waals surface area contributed by atoms with Gasteiger partial charge >= 0.3 is 5.63 Å². The molecular weight excluding hydrogens is 365 g/mol. The van der Waals surface area contributed by atoms with Crippen molar-refractivity contribution < 1.29 is 4.42 Å². The molecule has 0 saturated carbocycles. The van der Waals surface area contributed by atoms with Crippen molar-refractivity contribution in [2.24, 2.45) is 0 Å². The van der Waals surface area contributed by atoms with Crippen molar-refractivity contribution in [3.05, 3.63) is 74.4 Å². The van der Waals surface area contributed by atoms with Crippen LogP contribution in [-0.4, -0.2) is 4.98 Å². The van der Waals surface area contributed by atoms with Crippen LogP contribution in [0.25, 0.3) is 32.8 Å². The molecule has 3 nitrogen and oxygen atoms in total. The third kappa shape index (κ3) is 2.63. The van der Waals surface area contributed by atoms with E-state index < -0.39 is 5.63 Å². The predicted octanol–water partition coefficient (Wildman–Crippen LogP) is 5.89. The van der Waals surface area contributed by atoms with E-state index in [-0.39, 0.29) is 5.89 Å². The molecule has 2 aromatic carbocycles. The van der Waals surface area contributed by atoms with Crippen LogP contribution in [0, 0.1) is 0 Å². The van der Waals surface area contributed by atoms with Gasteiger partial charge in [-0.05, 0) is 29.8 Å². The minimum absolute atomic E-state index is 0.225. The number of hydrogen-bond donors (Lipinski definition) is 0. The summed E-state index contributed by atoms with van der Waals surface area (Å²) in [6, 6.07) is 14.4. The summed E-state index contributed by atoms with van der Waals surface area (Å²) in [4.78, 5) is 17.6. The van der Waals surface area contributed by atoms with Crippen molar-refractivity contribution in [3.8, 4) is 22.6 Å². The fourth-order valence-electron chi connectivity index (χ4n) is 2.47. The summed E-state index contributed by atoms with van der Waals surface area (Å²) in [5, 5.41) is 3.50. The molecule has 0 fully saturated rings. The third-order valence-corrected chi connectivity index (χ3v) is 5.08. The molecule has 0 saturated heterocycles. The van der Waals surface area contributed by atoms with Gasteiger partial charge in [-0.2, -0.15) is 0 Å². The highest BCUT2D eigenvalue weighted by Gasteiger charge is 2.16. The van der Waals surface area contributed by atoms with Crippen molar-refractivity contribution in [1.82, 2.24) is 4.98 Å². The lowest BCUT2D eigenvalue weighted by atomic mass is 10.1. The number of thiophene rings is 1. The van der Waals surface area contributed by atoms with E-state index in [4.69, 9.17) is 27.6 Å². The van der Waals surface area contributed by atoms with Gasteiger partial charge in [-0.15, -0.1) is 11.3 Å². The number of halogens is 2. The fourth-order valence-corrected chi connectivity index (χ4v) is 3.75. The maximum atomic E-state index is 12.5. The summed E-state index contributed by atoms with van der Waals surface area (Å²) < 4.78 is 5.43. The van der Waals surface area contributed by atoms with E-state index in [0.717, 1.165) is 11.1 Å². The zero-order chi connectivity index (χ0) is 16.7. The minimum atomic E-state index is -0.430.